The van der Waals surface area contributed by atoms with Crippen molar-refractivity contribution in [3.63, 3.8) is 0 Å². The van der Waals surface area contributed by atoms with Crippen LogP contribution in [0.15, 0.2) is 52.2 Å². The average Bonchev–Trinajstić information content (AvgIpc) is 3.08. The van der Waals surface area contributed by atoms with Crippen LogP contribution in [0.5, 0.6) is 5.75 Å². The van der Waals surface area contributed by atoms with E-state index in [4.69, 9.17) is 30.3 Å². The minimum absolute atomic E-state index is 0.354. The Morgan fingerprint density at radius 3 is 2.58 bits per heavy atom. The van der Waals surface area contributed by atoms with E-state index in [9.17, 15) is 24.6 Å². The Morgan fingerprint density at radius 1 is 1.29 bits per heavy atom. The predicted molar refractivity (Wildman–Crippen MR) is 141 cm³/mol. The van der Waals surface area contributed by atoms with Crippen molar-refractivity contribution < 1.29 is 33.5 Å². The predicted octanol–water partition coefficient (Wildman–Crippen LogP) is 0.799. The van der Waals surface area contributed by atoms with Crippen LogP contribution in [-0.2, 0) is 30.6 Å². The lowest BCUT2D eigenvalue weighted by Crippen LogP contribution is -2.48. The quantitative estimate of drug-likeness (QED) is 0.183. The molecule has 1 aliphatic rings. The lowest BCUT2D eigenvalue weighted by atomic mass is 9.94. The third-order valence-electron chi connectivity index (χ3n) is 5.35. The summed E-state index contributed by atoms with van der Waals surface area (Å²) in [5, 5.41) is 25.1. The van der Waals surface area contributed by atoms with Gasteiger partial charge in [-0.05, 0) is 51.6 Å². The van der Waals surface area contributed by atoms with Gasteiger partial charge < -0.3 is 28.7 Å². The highest BCUT2D eigenvalue weighted by atomic mass is 32.5. The molecule has 0 radical (unpaired) electrons. The summed E-state index contributed by atoms with van der Waals surface area (Å²) in [6, 6.07) is 8.70. The molecule has 4 unspecified atom stereocenters. The van der Waals surface area contributed by atoms with Crippen LogP contribution in [0.25, 0.3) is 0 Å². The van der Waals surface area contributed by atoms with Crippen molar-refractivity contribution in [3.05, 3.63) is 63.4 Å². The molecule has 206 valence electrons. The second kappa shape index (κ2) is 12.4. The Hall–Kier alpha value is -2.82. The van der Waals surface area contributed by atoms with Crippen LogP contribution in [0.2, 0.25) is 0 Å². The molecule has 1 aromatic heterocycles. The zero-order valence-corrected chi connectivity index (χ0v) is 22.9. The molecule has 2 aromatic rings. The van der Waals surface area contributed by atoms with E-state index in [1.54, 1.807) is 51.1 Å². The maximum Gasteiger partial charge on any atom is 0.330 e. The molecule has 4 N–H and O–H groups in total. The van der Waals surface area contributed by atoms with E-state index in [1.807, 2.05) is 0 Å². The van der Waals surface area contributed by atoms with Crippen molar-refractivity contribution in [2.24, 2.45) is 0 Å². The third kappa shape index (κ3) is 6.98. The summed E-state index contributed by atoms with van der Waals surface area (Å²) < 4.78 is 23.8. The van der Waals surface area contributed by atoms with Crippen LogP contribution >= 0.6 is 6.64 Å². The molecule has 38 heavy (non-hydrogen) atoms. The van der Waals surface area contributed by atoms with Crippen molar-refractivity contribution in [1.82, 2.24) is 14.6 Å². The fraction of sp³-hybridized carbons (Fsp3) is 0.458. The number of carbonyl (C=O) groups excluding carboxylic acids is 1. The Labute approximate surface area is 224 Å². The molecule has 12 nitrogen and oxygen atoms in total. The second-order valence-electron chi connectivity index (χ2n) is 8.72. The summed E-state index contributed by atoms with van der Waals surface area (Å²) in [4.78, 5) is 38.4. The van der Waals surface area contributed by atoms with Crippen LogP contribution in [0.3, 0.4) is 0 Å². The molecule has 1 aliphatic heterocycles. The van der Waals surface area contributed by atoms with E-state index in [2.05, 4.69) is 21.9 Å². The molecule has 1 aromatic carbocycles. The number of aliphatic hydroxyl groups is 2. The highest BCUT2D eigenvalue weighted by Crippen LogP contribution is 2.47. The number of H-pyrrole nitrogens is 1. The number of nitrogens with zero attached hydrogens (tertiary/aromatic N) is 1. The zero-order chi connectivity index (χ0) is 28.1. The van der Waals surface area contributed by atoms with E-state index in [0.717, 1.165) is 16.8 Å². The number of aliphatic hydroxyl groups excluding tert-OH is 1. The lowest BCUT2D eigenvalue weighted by molar-refractivity contribution is -0.149. The maximum atomic E-state index is 12.4. The highest BCUT2D eigenvalue weighted by Gasteiger charge is 2.56. The number of rotatable bonds is 10. The van der Waals surface area contributed by atoms with Crippen LogP contribution in [0.4, 0.5) is 0 Å². The zero-order valence-electron chi connectivity index (χ0n) is 21.2. The molecule has 0 spiro atoms. The van der Waals surface area contributed by atoms with E-state index >= 15 is 0 Å². The number of benzene rings is 1. The fourth-order valence-electron chi connectivity index (χ4n) is 3.64. The monoisotopic (exact) mass is 567 g/mol. The number of hydrogen-bond acceptors (Lipinski definition) is 10. The van der Waals surface area contributed by atoms with Gasteiger partial charge in [-0.2, -0.15) is 0 Å². The van der Waals surface area contributed by atoms with E-state index in [0.29, 0.717) is 5.75 Å². The minimum atomic E-state index is -3.48. The van der Waals surface area contributed by atoms with Gasteiger partial charge in [-0.15, -0.1) is 5.92 Å². The number of nitrogens with one attached hydrogen (secondary N) is 2. The van der Waals surface area contributed by atoms with Gasteiger partial charge in [0.2, 0.25) is 0 Å². The number of aromatic amines is 1. The molecule has 0 amide bonds. The number of aromatic nitrogens is 2. The molecule has 0 saturated carbocycles. The van der Waals surface area contributed by atoms with Gasteiger partial charge in [0.25, 0.3) is 5.56 Å². The molecule has 1 saturated heterocycles. The first-order valence-electron chi connectivity index (χ1n) is 11.7. The van der Waals surface area contributed by atoms with E-state index < -0.39 is 60.5 Å². The Balaban J connectivity index is 1.86. The van der Waals surface area contributed by atoms with Gasteiger partial charge in [0.1, 0.15) is 24.0 Å². The van der Waals surface area contributed by atoms with Crippen molar-refractivity contribution in [2.75, 3.05) is 6.61 Å². The van der Waals surface area contributed by atoms with Gasteiger partial charge in [0.05, 0.1) is 12.7 Å². The first kappa shape index (κ1) is 29.7. The first-order valence-corrected chi connectivity index (χ1v) is 14.3. The SMILES string of the molecule is CC#C[C@]1(O)C(n2ccc(=O)[nH]c2=O)OC(COP(=S)(NC(C)C(=O)OC(C)C)Oc2ccccc2)[C@H]1O. The van der Waals surface area contributed by atoms with Crippen molar-refractivity contribution >= 4 is 24.4 Å². The largest absolute Gasteiger partial charge is 0.462 e. The molecular formula is C24H30N3O9PS. The molecule has 3 rings (SSSR count). The van der Waals surface area contributed by atoms with Gasteiger partial charge in [-0.3, -0.25) is 19.1 Å². The van der Waals surface area contributed by atoms with Gasteiger partial charge in [-0.25, -0.2) is 9.88 Å². The van der Waals surface area contributed by atoms with Crippen LogP contribution < -0.4 is 20.9 Å². The number of ether oxygens (including phenoxy) is 2. The van der Waals surface area contributed by atoms with Crippen molar-refractivity contribution in [3.8, 4) is 17.6 Å². The topological polar surface area (TPSA) is 161 Å². The Morgan fingerprint density at radius 2 is 1.97 bits per heavy atom. The van der Waals surface area contributed by atoms with Gasteiger partial charge >= 0.3 is 18.3 Å². The smallest absolute Gasteiger partial charge is 0.330 e. The Kier molecular flexibility index (Phi) is 9.67. The molecule has 2 heterocycles. The van der Waals surface area contributed by atoms with Crippen LogP contribution in [0, 0.1) is 11.8 Å². The summed E-state index contributed by atoms with van der Waals surface area (Å²) in [5.74, 6) is 4.81. The molecule has 1 fully saturated rings. The number of esters is 1. The molecule has 14 heteroatoms. The number of hydrogen-bond donors (Lipinski definition) is 4. The number of carbonyl (C=O) groups is 1. The average molecular weight is 568 g/mol. The molecule has 0 bridgehead atoms. The fourth-order valence-corrected chi connectivity index (χ4v) is 6.05. The van der Waals surface area contributed by atoms with Crippen molar-refractivity contribution in [2.45, 2.75) is 63.9 Å². The maximum absolute atomic E-state index is 12.4. The summed E-state index contributed by atoms with van der Waals surface area (Å²) in [6.45, 7) is 2.51. The summed E-state index contributed by atoms with van der Waals surface area (Å²) >= 11 is 5.66. The third-order valence-corrected chi connectivity index (χ3v) is 7.85. The van der Waals surface area contributed by atoms with Gasteiger partial charge in [-0.1, -0.05) is 24.1 Å². The van der Waals surface area contributed by atoms with Crippen LogP contribution in [-0.4, -0.2) is 62.3 Å². The van der Waals surface area contributed by atoms with Gasteiger partial charge in [0, 0.05) is 12.3 Å². The molecule has 6 atom stereocenters. The minimum Gasteiger partial charge on any atom is -0.462 e. The van der Waals surface area contributed by atoms with E-state index in [1.165, 1.54) is 6.92 Å². The van der Waals surface area contributed by atoms with Crippen molar-refractivity contribution in [1.29, 1.82) is 0 Å². The second-order valence-corrected chi connectivity index (χ2v) is 11.9. The molecule has 0 aliphatic carbocycles. The van der Waals surface area contributed by atoms with Gasteiger partial charge in [0.15, 0.2) is 11.8 Å². The summed E-state index contributed by atoms with van der Waals surface area (Å²) in [7, 11) is 0. The summed E-state index contributed by atoms with van der Waals surface area (Å²) in [5.41, 5.74) is -3.75. The summed E-state index contributed by atoms with van der Waals surface area (Å²) in [6.07, 6.45) is -3.60. The van der Waals surface area contributed by atoms with Crippen LogP contribution in [0.1, 0.15) is 33.9 Å². The normalized spacial score (nSPS) is 25.2. The molecular weight excluding hydrogens is 537 g/mol. The Bertz CT molecular complexity index is 1350. The standard InChI is InChI=1S/C24H30N3O9PS/c1-5-12-24(32)20(29)18(35-22(24)27-13-11-19(28)25-23(27)31)14-33-37(38,36-17-9-7-6-8-10-17)26-16(4)21(30)34-15(2)3/h6-11,13,15-16,18,20,22,29,32H,14H2,1-4H3,(H,26,38)(H,25,28,31)/t16?,18?,20-,22?,24-,37?/m1/s1. The first-order chi connectivity index (χ1) is 17.9. The highest BCUT2D eigenvalue weighted by molar-refractivity contribution is 8.09. The lowest BCUT2D eigenvalue weighted by Gasteiger charge is -2.28. The van der Waals surface area contributed by atoms with E-state index in [-0.39, 0.29) is 6.10 Å². The number of para-hydroxylation sites is 1.